The van der Waals surface area contributed by atoms with Gasteiger partial charge in [-0.1, -0.05) is 13.3 Å². The predicted molar refractivity (Wildman–Crippen MR) is 86.3 cm³/mol. The lowest BCUT2D eigenvalue weighted by atomic mass is 10.0. The van der Waals surface area contributed by atoms with Gasteiger partial charge in [0.05, 0.1) is 10.4 Å². The molecule has 0 aromatic carbocycles. The third kappa shape index (κ3) is 2.81. The zero-order valence-electron chi connectivity index (χ0n) is 11.7. The summed E-state index contributed by atoms with van der Waals surface area (Å²) in [6.07, 6.45) is 3.64. The summed E-state index contributed by atoms with van der Waals surface area (Å²) in [5, 5.41) is 13.9. The van der Waals surface area contributed by atoms with Crippen molar-refractivity contribution in [3.05, 3.63) is 22.5 Å². The van der Waals surface area contributed by atoms with E-state index >= 15 is 0 Å². The second-order valence-electron chi connectivity index (χ2n) is 4.97. The van der Waals surface area contributed by atoms with Crippen molar-refractivity contribution < 1.29 is 9.90 Å². The molecule has 5 nitrogen and oxygen atoms in total. The minimum absolute atomic E-state index is 0.0571. The molecule has 0 saturated heterocycles. The summed E-state index contributed by atoms with van der Waals surface area (Å²) in [5.41, 5.74) is 0.990. The van der Waals surface area contributed by atoms with Crippen LogP contribution in [0.25, 0.3) is 15.3 Å². The zero-order valence-corrected chi connectivity index (χ0v) is 13.3. The van der Waals surface area contributed by atoms with Gasteiger partial charge in [0.1, 0.15) is 4.83 Å². The van der Waals surface area contributed by atoms with E-state index in [2.05, 4.69) is 17.2 Å². The lowest BCUT2D eigenvalue weighted by Gasteiger charge is -2.13. The van der Waals surface area contributed by atoms with Crippen molar-refractivity contribution in [2.75, 3.05) is 13.2 Å². The highest BCUT2D eigenvalue weighted by molar-refractivity contribution is 7.21. The molecule has 0 radical (unpaired) electrons. The van der Waals surface area contributed by atoms with Gasteiger partial charge in [0.2, 0.25) is 0 Å². The maximum Gasteiger partial charge on any atom is 0.261 e. The summed E-state index contributed by atoms with van der Waals surface area (Å²) < 4.78 is 2.01. The van der Waals surface area contributed by atoms with Gasteiger partial charge >= 0.3 is 0 Å². The molecule has 2 N–H and O–H groups in total. The van der Waals surface area contributed by atoms with Crippen LogP contribution in [0.3, 0.4) is 0 Å². The molecule has 0 spiro atoms. The number of carbonyl (C=O) groups excluding carboxylic acids is 1. The largest absolute Gasteiger partial charge is 0.396 e. The Morgan fingerprint density at radius 1 is 1.57 bits per heavy atom. The maximum absolute atomic E-state index is 12.2. The van der Waals surface area contributed by atoms with E-state index in [0.29, 0.717) is 17.3 Å². The summed E-state index contributed by atoms with van der Waals surface area (Å²) in [6, 6.07) is 1.90. The number of thiazole rings is 1. The van der Waals surface area contributed by atoms with E-state index in [-0.39, 0.29) is 12.5 Å². The Bertz CT molecular complexity index is 759. The van der Waals surface area contributed by atoms with Crippen LogP contribution in [0.1, 0.15) is 29.4 Å². The van der Waals surface area contributed by atoms with Gasteiger partial charge in [-0.25, -0.2) is 4.98 Å². The molecule has 3 aromatic heterocycles. The maximum atomic E-state index is 12.2. The fourth-order valence-corrected chi connectivity index (χ4v) is 4.03. The molecule has 3 aromatic rings. The number of thiophene rings is 1. The van der Waals surface area contributed by atoms with E-state index in [1.165, 1.54) is 11.3 Å². The van der Waals surface area contributed by atoms with Crippen molar-refractivity contribution in [1.29, 1.82) is 0 Å². The molecule has 1 unspecified atom stereocenters. The first-order valence-corrected chi connectivity index (χ1v) is 8.66. The minimum atomic E-state index is -0.0571. The number of aliphatic hydroxyl groups is 1. The predicted octanol–water partition coefficient (Wildman–Crippen LogP) is 2.75. The molecule has 112 valence electrons. The Kier molecular flexibility index (Phi) is 4.23. The van der Waals surface area contributed by atoms with Gasteiger partial charge in [-0.3, -0.25) is 9.20 Å². The van der Waals surface area contributed by atoms with E-state index in [1.807, 2.05) is 22.0 Å². The molecule has 3 heterocycles. The van der Waals surface area contributed by atoms with Gasteiger partial charge in [0.25, 0.3) is 5.91 Å². The van der Waals surface area contributed by atoms with Crippen LogP contribution >= 0.6 is 22.7 Å². The van der Waals surface area contributed by atoms with Crippen LogP contribution in [0, 0.1) is 5.92 Å². The van der Waals surface area contributed by atoms with Gasteiger partial charge in [-0.15, -0.1) is 22.7 Å². The molecule has 1 amide bonds. The number of carbonyl (C=O) groups is 1. The second-order valence-corrected chi connectivity index (χ2v) is 6.87. The monoisotopic (exact) mass is 323 g/mol. The fourth-order valence-electron chi connectivity index (χ4n) is 2.32. The van der Waals surface area contributed by atoms with E-state index in [1.54, 1.807) is 11.3 Å². The number of nitrogens with zero attached hydrogens (tertiary/aromatic N) is 2. The lowest BCUT2D eigenvalue weighted by molar-refractivity contribution is 0.0947. The molecule has 0 aliphatic carbocycles. The van der Waals surface area contributed by atoms with Crippen LogP contribution < -0.4 is 5.32 Å². The van der Waals surface area contributed by atoms with E-state index in [0.717, 1.165) is 28.1 Å². The average Bonchev–Trinajstić information content (AvgIpc) is 3.14. The Hall–Kier alpha value is -1.44. The summed E-state index contributed by atoms with van der Waals surface area (Å²) in [4.78, 5) is 19.3. The molecule has 1 atom stereocenters. The van der Waals surface area contributed by atoms with Gasteiger partial charge in [0.15, 0.2) is 4.96 Å². The summed E-state index contributed by atoms with van der Waals surface area (Å²) in [5.74, 6) is 0.270. The molecule has 0 saturated carbocycles. The number of nitrogens with one attached hydrogen (secondary N) is 1. The molecule has 3 rings (SSSR count). The third-order valence-corrected chi connectivity index (χ3v) is 5.40. The topological polar surface area (TPSA) is 66.6 Å². The van der Waals surface area contributed by atoms with Crippen molar-refractivity contribution in [3.8, 4) is 0 Å². The third-order valence-electron chi connectivity index (χ3n) is 3.63. The number of hydrogen-bond acceptors (Lipinski definition) is 5. The van der Waals surface area contributed by atoms with Gasteiger partial charge in [-0.05, 0) is 18.4 Å². The van der Waals surface area contributed by atoms with Crippen LogP contribution in [-0.2, 0) is 0 Å². The van der Waals surface area contributed by atoms with E-state index in [9.17, 15) is 4.79 Å². The number of fused-ring (bicyclic) bond motifs is 3. The highest BCUT2D eigenvalue weighted by Gasteiger charge is 2.16. The molecule has 0 aliphatic heterocycles. The smallest absolute Gasteiger partial charge is 0.261 e. The molecule has 0 fully saturated rings. The highest BCUT2D eigenvalue weighted by Crippen LogP contribution is 2.28. The lowest BCUT2D eigenvalue weighted by Crippen LogP contribution is -2.29. The van der Waals surface area contributed by atoms with Crippen LogP contribution in [0.4, 0.5) is 0 Å². The summed E-state index contributed by atoms with van der Waals surface area (Å²) >= 11 is 3.01. The molecule has 0 bridgehead atoms. The standard InChI is InChI=1S/C14H17N3O2S2/c1-2-9(3-5-18)8-15-12(19)11-7-10-13(21-11)16-14-17(10)4-6-20-14/h4,6-7,9,18H,2-3,5,8H2,1H3,(H,15,19). The zero-order chi connectivity index (χ0) is 14.8. The molecule has 0 aliphatic rings. The Balaban J connectivity index is 1.73. The summed E-state index contributed by atoms with van der Waals surface area (Å²) in [6.45, 7) is 2.84. The first kappa shape index (κ1) is 14.5. The molecule has 7 heteroatoms. The van der Waals surface area contributed by atoms with Crippen LogP contribution in [-0.4, -0.2) is 33.6 Å². The number of hydrogen-bond donors (Lipinski definition) is 2. The van der Waals surface area contributed by atoms with Crippen molar-refractivity contribution in [2.45, 2.75) is 19.8 Å². The highest BCUT2D eigenvalue weighted by atomic mass is 32.1. The minimum Gasteiger partial charge on any atom is -0.396 e. The first-order valence-electron chi connectivity index (χ1n) is 6.97. The fraction of sp³-hybridized carbons (Fsp3) is 0.429. The van der Waals surface area contributed by atoms with E-state index in [4.69, 9.17) is 5.11 Å². The number of aromatic nitrogens is 2. The van der Waals surface area contributed by atoms with Gasteiger partial charge in [-0.2, -0.15) is 0 Å². The quantitative estimate of drug-likeness (QED) is 0.733. The van der Waals surface area contributed by atoms with Crippen molar-refractivity contribution in [3.63, 3.8) is 0 Å². The summed E-state index contributed by atoms with van der Waals surface area (Å²) in [7, 11) is 0. The Morgan fingerprint density at radius 2 is 2.43 bits per heavy atom. The van der Waals surface area contributed by atoms with Crippen molar-refractivity contribution in [1.82, 2.24) is 14.7 Å². The number of amides is 1. The Morgan fingerprint density at radius 3 is 3.19 bits per heavy atom. The SMILES string of the molecule is CCC(CCO)CNC(=O)c1cc2c(nc3sccn32)s1. The van der Waals surface area contributed by atoms with Crippen LogP contribution in [0.15, 0.2) is 17.6 Å². The van der Waals surface area contributed by atoms with Gasteiger partial charge in [0, 0.05) is 24.7 Å². The molecule has 21 heavy (non-hydrogen) atoms. The average molecular weight is 323 g/mol. The first-order chi connectivity index (χ1) is 10.2. The second kappa shape index (κ2) is 6.13. The number of aliphatic hydroxyl groups excluding tert-OH is 1. The van der Waals surface area contributed by atoms with Gasteiger partial charge < -0.3 is 10.4 Å². The van der Waals surface area contributed by atoms with Crippen molar-refractivity contribution in [2.24, 2.45) is 5.92 Å². The number of rotatable bonds is 6. The van der Waals surface area contributed by atoms with Crippen LogP contribution in [0.5, 0.6) is 0 Å². The van der Waals surface area contributed by atoms with E-state index < -0.39 is 0 Å². The van der Waals surface area contributed by atoms with Crippen molar-refractivity contribution >= 4 is 43.9 Å². The molecular weight excluding hydrogens is 306 g/mol. The molecular formula is C14H17N3O2S2. The van der Waals surface area contributed by atoms with Crippen LogP contribution in [0.2, 0.25) is 0 Å². The number of imidazole rings is 1. The Labute approximate surface area is 130 Å². The normalized spacial score (nSPS) is 13.0.